The van der Waals surface area contributed by atoms with Crippen molar-refractivity contribution in [3.63, 3.8) is 0 Å². The monoisotopic (exact) mass is 1890 g/mol. The number of rotatable bonds is 15. The molecule has 118 heavy (non-hydrogen) atoms. The van der Waals surface area contributed by atoms with Gasteiger partial charge in [0, 0.05) is 72.7 Å². The Kier molecular flexibility index (Phi) is 38.2. The summed E-state index contributed by atoms with van der Waals surface area (Å²) in [4.78, 5) is 54.3. The van der Waals surface area contributed by atoms with E-state index >= 15 is 0 Å². The maximum atomic E-state index is 14.0. The van der Waals surface area contributed by atoms with Crippen LogP contribution in [0.15, 0.2) is 162 Å². The number of halogens is 17. The minimum absolute atomic E-state index is 0.0201. The summed E-state index contributed by atoms with van der Waals surface area (Å²) in [6.45, 7) is 17.1. The number of nitrogens with zero attached hydrogens (tertiary/aromatic N) is 16. The number of imidazole rings is 4. The number of nitrogen functional groups attached to an aromatic ring is 2. The number of hydrogen-bond acceptors (Lipinski definition) is 17. The third-order valence-electron chi connectivity index (χ3n) is 16.5. The molecule has 2 aromatic carbocycles. The van der Waals surface area contributed by atoms with Gasteiger partial charge in [-0.05, 0) is 93.9 Å². The van der Waals surface area contributed by atoms with Gasteiger partial charge in [0.1, 0.15) is 61.8 Å². The van der Waals surface area contributed by atoms with Crippen LogP contribution >= 0.6 is 63.5 Å². The number of carbonyl (C=O) groups is 1. The molecule has 0 aliphatic rings. The number of carbonyl (C=O) groups excluding carboxylic acids is 1. The number of hydrogen-bond donors (Lipinski definition) is 4. The zero-order valence-electron chi connectivity index (χ0n) is 64.7. The van der Waals surface area contributed by atoms with E-state index in [-0.39, 0.29) is 56.7 Å². The van der Waals surface area contributed by atoms with Crippen LogP contribution in [-0.2, 0) is 11.0 Å². The number of nitrogens with one attached hydrogen (secondary N) is 1. The number of aromatic nitrogens is 15. The third-order valence-corrected chi connectivity index (χ3v) is 33.2. The van der Waals surface area contributed by atoms with Crippen molar-refractivity contribution < 1.29 is 61.9 Å². The van der Waals surface area contributed by atoms with Crippen LogP contribution in [-0.4, -0.2) is 110 Å². The van der Waals surface area contributed by atoms with E-state index in [0.717, 1.165) is 60.7 Å². The molecule has 40 heteroatoms. The van der Waals surface area contributed by atoms with E-state index in [0.29, 0.717) is 61.4 Å². The van der Waals surface area contributed by atoms with E-state index in [1.807, 2.05) is 37.4 Å². The molecule has 0 atom stereocenters. The van der Waals surface area contributed by atoms with Gasteiger partial charge in [-0.2, -0.15) is 13.2 Å². The molecule has 0 unspecified atom stereocenters. The third kappa shape index (κ3) is 28.7. The number of alkyl halides is 4. The van der Waals surface area contributed by atoms with Crippen LogP contribution in [0.4, 0.5) is 80.1 Å². The van der Waals surface area contributed by atoms with Crippen LogP contribution in [0.2, 0.25) is 23.6 Å². The van der Waals surface area contributed by atoms with Gasteiger partial charge in [-0.15, -0.1) is 11.6 Å². The van der Waals surface area contributed by atoms with Gasteiger partial charge in [0.25, 0.3) is 0 Å². The summed E-state index contributed by atoms with van der Waals surface area (Å²) in [6.07, 6.45) is 19.8. The Morgan fingerprint density at radius 1 is 0.542 bits per heavy atom. The first kappa shape index (κ1) is 96.9. The Balaban J connectivity index is 0.000000218. The van der Waals surface area contributed by atoms with Crippen LogP contribution in [0, 0.1) is 92.8 Å². The first-order valence-corrected chi connectivity index (χ1v) is 45.5. The summed E-state index contributed by atoms with van der Waals surface area (Å²) in [6, 6.07) is 16.0. The fraction of sp³-hybridized carbons (Fsp3) is 0.256. The molecule has 0 aliphatic carbocycles. The van der Waals surface area contributed by atoms with E-state index < -0.39 is 88.3 Å². The summed E-state index contributed by atoms with van der Waals surface area (Å²) in [5, 5.41) is 3.63. The summed E-state index contributed by atoms with van der Waals surface area (Å²) in [5.41, 5.74) is 16.0. The van der Waals surface area contributed by atoms with Gasteiger partial charge in [-0.25, -0.2) is 78.8 Å². The molecule has 0 saturated carbocycles. The molecule has 20 nitrogen and oxygen atoms in total. The number of anilines is 4. The molecule has 14 aromatic rings. The van der Waals surface area contributed by atoms with E-state index in [2.05, 4.69) is 117 Å². The molecular weight excluding hydrogens is 1810 g/mol. The van der Waals surface area contributed by atoms with Crippen molar-refractivity contribution >= 4 is 145 Å². The van der Waals surface area contributed by atoms with Gasteiger partial charge in [0.2, 0.25) is 0 Å². The molecule has 623 valence electrons. The topological polar surface area (TPSA) is 253 Å². The molecule has 0 bridgehead atoms. The van der Waals surface area contributed by atoms with Gasteiger partial charge in [0.05, 0.1) is 76.6 Å². The molecule has 14 rings (SSSR count). The van der Waals surface area contributed by atoms with E-state index in [9.17, 15) is 61.9 Å². The van der Waals surface area contributed by atoms with Crippen LogP contribution in [0.25, 0.3) is 45.4 Å². The predicted molar refractivity (Wildman–Crippen MR) is 443 cm³/mol. The molecule has 0 spiro atoms. The Hall–Kier alpha value is -9.89. The quantitative estimate of drug-likeness (QED) is 0.0245. The SMILES string of the molecule is CC(=O)CCl.CCC[CH2][Sn]([CH2]CCC)([CH2]CCC)[c]1cncc(Cl)n1.Cc1ccc(N)cc1.Cc1cn2cc(F)cc(F)c2n1.Cc1nc2c(F)cc(F)cn2c1-c1cncc(Cl)n1.Cc1nc2c(F)cc(F)cn2c1-c1cncc(Nc2ccc(C(F)(F)F)cc2)n1.Cc1nc2c(F)cc(F)cn2c1Br.Nc1ncc(F)cc1F.[B]=NS. The second kappa shape index (κ2) is 46.5. The summed E-state index contributed by atoms with van der Waals surface area (Å²) in [7, 11) is 4.34. The zero-order valence-corrected chi connectivity index (χ0v) is 72.3. The maximum absolute atomic E-state index is 14.0. The molecule has 12 aromatic heterocycles. The van der Waals surface area contributed by atoms with Gasteiger partial charge in [-0.3, -0.25) is 28.0 Å². The number of unbranched alkanes of at least 4 members (excludes halogenated alkanes) is 3. The van der Waals surface area contributed by atoms with Crippen LogP contribution < -0.4 is 20.5 Å². The van der Waals surface area contributed by atoms with Gasteiger partial charge >= 0.3 is 165 Å². The van der Waals surface area contributed by atoms with Crippen molar-refractivity contribution in [2.45, 2.75) is 120 Å². The summed E-state index contributed by atoms with van der Waals surface area (Å²) >= 11 is 20.9. The number of benzene rings is 2. The zero-order chi connectivity index (χ0) is 87.3. The minimum atomic E-state index is -4.43. The number of thiol groups is 1. The average molecular weight is 1890 g/mol. The fourth-order valence-electron chi connectivity index (χ4n) is 11.1. The Bertz CT molecular complexity index is 5620. The molecule has 0 amide bonds. The Morgan fingerprint density at radius 3 is 1.41 bits per heavy atom. The normalized spacial score (nSPS) is 10.8. The number of pyridine rings is 5. The van der Waals surface area contributed by atoms with Crippen LogP contribution in [0.1, 0.15) is 100 Å². The molecule has 0 aliphatic heterocycles. The van der Waals surface area contributed by atoms with Crippen molar-refractivity contribution in [1.82, 2.24) is 72.4 Å². The van der Waals surface area contributed by atoms with Crippen molar-refractivity contribution in [2.75, 3.05) is 22.7 Å². The van der Waals surface area contributed by atoms with E-state index in [1.165, 1.54) is 135 Å². The second-order valence-electron chi connectivity index (χ2n) is 25.7. The summed E-state index contributed by atoms with van der Waals surface area (Å²) in [5.74, 6) is -6.96. The number of fused-ring (bicyclic) bond motifs is 4. The molecule has 12 heterocycles. The average Bonchev–Trinajstić information content (AvgIpc) is 1.64. The number of aryl methyl sites for hydroxylation is 5. The van der Waals surface area contributed by atoms with Crippen molar-refractivity contribution in [3.05, 3.63) is 260 Å². The molecule has 0 saturated heterocycles. The number of ketones is 1. The Labute approximate surface area is 704 Å². The molecule has 5 N–H and O–H groups in total. The van der Waals surface area contributed by atoms with Crippen LogP contribution in [0.3, 0.4) is 0 Å². The number of Topliss-reactive ketones (excluding diaryl/α,β-unsaturated/α-hetero) is 1. The first-order valence-electron chi connectivity index (χ1n) is 35.6. The standard InChI is InChI=1S/C19H12F5N5.C12H7ClF2N4.C8H5BrF2N2.C8H6F2N2.C7H9N.C5H4F2N2.C4H2ClN2.3C4H9.C3H5ClO.BHNS.Sn/c1-10-17(29-9-12(20)6-14(21)18(29)26-10)15-7-25-8-16(28-15)27-13-4-2-11(3-5-13)19(22,23)24;1-6-11(9-3-16-4-10(13)18-9)19-5-7(14)2-8(15)12(19)17-6;1-4-7(9)13-3-5(10)2-6(11)8(13)12-4;1-5-3-12-4-6(9)2-7(10)8(12)11-5;1-6-2-4-7(8)5-3-6;6-3-1-4(7)5(8)9-2-3;5-4-3-6-1-2-7-4;3*1-3-4-2;1-3(5)2-4;1-2-3;/h2-9H,1H3,(H,27,28);2-5H,1H3;2-3H,1H3;2-4H,1H3;2-5H,8H2,1H3;1-2H,(H2,8,9);1,3H;3*1,3-4H2,2H3;2H2,1H3;3H;. The summed E-state index contributed by atoms with van der Waals surface area (Å²) < 4.78 is 182. The Morgan fingerprint density at radius 2 is 0.966 bits per heavy atom. The van der Waals surface area contributed by atoms with E-state index in [1.54, 1.807) is 40.1 Å². The second-order valence-corrected chi connectivity index (χ2v) is 40.8. The van der Waals surface area contributed by atoms with Crippen molar-refractivity contribution in [2.24, 2.45) is 4.30 Å². The molecular formula is C78H78BBrCl3F13N19OSSn. The molecule has 1 radical (unpaired) electrons. The molecule has 0 fully saturated rings. The predicted octanol–water partition coefficient (Wildman–Crippen LogP) is 21.5. The van der Waals surface area contributed by atoms with E-state index in [4.69, 9.17) is 51.3 Å². The first-order chi connectivity index (χ1) is 55.9. The van der Waals surface area contributed by atoms with Crippen molar-refractivity contribution in [3.8, 4) is 22.8 Å². The van der Waals surface area contributed by atoms with Gasteiger partial charge in [-0.1, -0.05) is 29.3 Å². The van der Waals surface area contributed by atoms with Gasteiger partial charge < -0.3 is 21.2 Å². The van der Waals surface area contributed by atoms with Crippen molar-refractivity contribution in [1.29, 1.82) is 0 Å². The van der Waals surface area contributed by atoms with Gasteiger partial charge in [0.15, 0.2) is 57.5 Å². The number of nitrogens with two attached hydrogens (primary N) is 2. The van der Waals surface area contributed by atoms with Crippen LogP contribution in [0.5, 0.6) is 0 Å². The fourth-order valence-corrected chi connectivity index (χ4v) is 27.1.